The van der Waals surface area contributed by atoms with Gasteiger partial charge in [-0.3, -0.25) is 9.59 Å². The van der Waals surface area contributed by atoms with Crippen LogP contribution in [0.4, 0.5) is 10.5 Å². The van der Waals surface area contributed by atoms with E-state index < -0.39 is 5.41 Å². The van der Waals surface area contributed by atoms with Crippen LogP contribution in [-0.2, 0) is 9.59 Å². The van der Waals surface area contributed by atoms with E-state index in [4.69, 9.17) is 11.6 Å². The third kappa shape index (κ3) is 4.04. The van der Waals surface area contributed by atoms with E-state index in [0.717, 1.165) is 0 Å². The number of nitrogens with zero attached hydrogens (tertiary/aromatic N) is 2. The van der Waals surface area contributed by atoms with Crippen LogP contribution in [0.15, 0.2) is 24.3 Å². The van der Waals surface area contributed by atoms with Crippen molar-refractivity contribution in [1.29, 1.82) is 0 Å². The second-order valence-corrected chi connectivity index (χ2v) is 7.19. The lowest BCUT2D eigenvalue weighted by molar-refractivity contribution is -0.130. The van der Waals surface area contributed by atoms with Crippen LogP contribution in [0.1, 0.15) is 13.3 Å². The number of anilines is 1. The highest BCUT2D eigenvalue weighted by Gasteiger charge is 2.44. The highest BCUT2D eigenvalue weighted by molar-refractivity contribution is 6.30. The summed E-state index contributed by atoms with van der Waals surface area (Å²) >= 11 is 5.95. The lowest BCUT2D eigenvalue weighted by atomic mass is 9.86. The van der Waals surface area contributed by atoms with Crippen LogP contribution < -0.4 is 10.6 Å². The molecule has 2 aliphatic rings. The number of urea groups is 1. The molecule has 0 bridgehead atoms. The van der Waals surface area contributed by atoms with Gasteiger partial charge in [-0.05, 0) is 18.2 Å². The third-order valence-corrected chi connectivity index (χ3v) is 4.93. The van der Waals surface area contributed by atoms with Crippen molar-refractivity contribution >= 4 is 35.1 Å². The first-order valence-corrected chi connectivity index (χ1v) is 8.58. The second-order valence-electron chi connectivity index (χ2n) is 6.76. The van der Waals surface area contributed by atoms with Gasteiger partial charge in [0.2, 0.25) is 11.8 Å². The van der Waals surface area contributed by atoms with Gasteiger partial charge in [-0.1, -0.05) is 17.7 Å². The zero-order chi connectivity index (χ0) is 18.0. The molecule has 25 heavy (non-hydrogen) atoms. The standard InChI is InChI=1S/C17H21ClN4O3/c1-12(23)21-5-6-22(11-17(10-21)8-15(24)19-9-17)16(25)20-14-4-2-3-13(18)7-14/h2-4,7H,5-6,8-11H2,1H3,(H,19,24)(H,20,25)/t17-/m1/s1. The highest BCUT2D eigenvalue weighted by atomic mass is 35.5. The molecule has 1 atom stereocenters. The number of hydrogen-bond donors (Lipinski definition) is 2. The quantitative estimate of drug-likeness (QED) is 0.793. The minimum Gasteiger partial charge on any atom is -0.355 e. The minimum atomic E-state index is -0.440. The third-order valence-electron chi connectivity index (χ3n) is 4.70. The van der Waals surface area contributed by atoms with E-state index in [1.807, 2.05) is 0 Å². The Hall–Kier alpha value is -2.28. The van der Waals surface area contributed by atoms with Crippen LogP contribution in [-0.4, -0.2) is 60.4 Å². The number of rotatable bonds is 1. The molecular formula is C17H21ClN4O3. The van der Waals surface area contributed by atoms with E-state index in [-0.39, 0.29) is 17.8 Å². The zero-order valence-electron chi connectivity index (χ0n) is 14.0. The molecule has 2 fully saturated rings. The number of carbonyl (C=O) groups excluding carboxylic acids is 3. The van der Waals surface area contributed by atoms with E-state index in [9.17, 15) is 14.4 Å². The Morgan fingerprint density at radius 1 is 1.24 bits per heavy atom. The van der Waals surface area contributed by atoms with Gasteiger partial charge < -0.3 is 20.4 Å². The van der Waals surface area contributed by atoms with Gasteiger partial charge in [0.05, 0.1) is 0 Å². The molecule has 2 saturated heterocycles. The molecule has 0 aliphatic carbocycles. The van der Waals surface area contributed by atoms with Gasteiger partial charge in [0.15, 0.2) is 0 Å². The molecule has 1 aromatic rings. The van der Waals surface area contributed by atoms with Crippen molar-refractivity contribution in [3.63, 3.8) is 0 Å². The largest absolute Gasteiger partial charge is 0.355 e. The molecule has 134 valence electrons. The van der Waals surface area contributed by atoms with Gasteiger partial charge >= 0.3 is 6.03 Å². The first-order chi connectivity index (χ1) is 11.9. The van der Waals surface area contributed by atoms with Gasteiger partial charge in [-0.25, -0.2) is 4.79 Å². The molecule has 0 aromatic heterocycles. The molecule has 7 nitrogen and oxygen atoms in total. The fraction of sp³-hybridized carbons (Fsp3) is 0.471. The summed E-state index contributed by atoms with van der Waals surface area (Å²) < 4.78 is 0. The molecule has 2 heterocycles. The fourth-order valence-corrected chi connectivity index (χ4v) is 3.64. The Labute approximate surface area is 151 Å². The summed E-state index contributed by atoms with van der Waals surface area (Å²) in [5.74, 6) is -0.0866. The fourth-order valence-electron chi connectivity index (χ4n) is 3.45. The van der Waals surface area contributed by atoms with E-state index in [2.05, 4.69) is 10.6 Å². The molecule has 8 heteroatoms. The summed E-state index contributed by atoms with van der Waals surface area (Å²) in [5, 5.41) is 6.21. The molecule has 1 aromatic carbocycles. The van der Waals surface area contributed by atoms with Crippen molar-refractivity contribution < 1.29 is 14.4 Å². The molecule has 0 radical (unpaired) electrons. The van der Waals surface area contributed by atoms with Crippen molar-refractivity contribution in [2.24, 2.45) is 5.41 Å². The van der Waals surface area contributed by atoms with Crippen LogP contribution in [0.3, 0.4) is 0 Å². The maximum atomic E-state index is 12.7. The number of hydrogen-bond acceptors (Lipinski definition) is 3. The Bertz CT molecular complexity index is 711. The summed E-state index contributed by atoms with van der Waals surface area (Å²) in [5.41, 5.74) is 0.171. The Balaban J connectivity index is 1.77. The van der Waals surface area contributed by atoms with Crippen LogP contribution >= 0.6 is 11.6 Å². The molecule has 0 unspecified atom stereocenters. The molecule has 2 N–H and O–H groups in total. The van der Waals surface area contributed by atoms with E-state index in [1.54, 1.807) is 34.1 Å². The normalized spacial score (nSPS) is 23.4. The smallest absolute Gasteiger partial charge is 0.321 e. The predicted octanol–water partition coefficient (Wildman–Crippen LogP) is 1.54. The average molecular weight is 365 g/mol. The van der Waals surface area contributed by atoms with Crippen molar-refractivity contribution in [1.82, 2.24) is 15.1 Å². The van der Waals surface area contributed by atoms with Gasteiger partial charge in [0.25, 0.3) is 0 Å². The van der Waals surface area contributed by atoms with Crippen LogP contribution in [0, 0.1) is 5.41 Å². The molecule has 4 amide bonds. The van der Waals surface area contributed by atoms with Crippen molar-refractivity contribution in [2.45, 2.75) is 13.3 Å². The topological polar surface area (TPSA) is 81.8 Å². The van der Waals surface area contributed by atoms with Crippen molar-refractivity contribution in [3.05, 3.63) is 29.3 Å². The van der Waals surface area contributed by atoms with Gasteiger partial charge in [0.1, 0.15) is 0 Å². The van der Waals surface area contributed by atoms with Crippen molar-refractivity contribution in [3.8, 4) is 0 Å². The highest BCUT2D eigenvalue weighted by Crippen LogP contribution is 2.31. The first kappa shape index (κ1) is 17.5. The average Bonchev–Trinajstić information content (AvgIpc) is 2.78. The Morgan fingerprint density at radius 3 is 2.60 bits per heavy atom. The van der Waals surface area contributed by atoms with Crippen LogP contribution in [0.5, 0.6) is 0 Å². The van der Waals surface area contributed by atoms with Gasteiger partial charge in [-0.2, -0.15) is 0 Å². The number of carbonyl (C=O) groups is 3. The summed E-state index contributed by atoms with van der Waals surface area (Å²) in [6, 6.07) is 6.68. The summed E-state index contributed by atoms with van der Waals surface area (Å²) in [6.45, 7) is 3.75. The zero-order valence-corrected chi connectivity index (χ0v) is 14.8. The predicted molar refractivity (Wildman–Crippen MR) is 94.4 cm³/mol. The lowest BCUT2D eigenvalue weighted by Crippen LogP contribution is -2.45. The summed E-state index contributed by atoms with van der Waals surface area (Å²) in [4.78, 5) is 39.7. The molecule has 0 saturated carbocycles. The molecule has 1 spiro atoms. The SMILES string of the molecule is CC(=O)N1CCN(C(=O)Nc2cccc(Cl)c2)C[C@]2(CNC(=O)C2)C1. The summed E-state index contributed by atoms with van der Waals surface area (Å²) in [7, 11) is 0. The Morgan fingerprint density at radius 2 is 1.96 bits per heavy atom. The molecule has 3 rings (SSSR count). The molecule has 2 aliphatic heterocycles. The van der Waals surface area contributed by atoms with Gasteiger partial charge in [0, 0.05) is 62.2 Å². The first-order valence-electron chi connectivity index (χ1n) is 8.21. The number of benzene rings is 1. The Kier molecular flexibility index (Phi) is 4.85. The van der Waals surface area contributed by atoms with Gasteiger partial charge in [-0.15, -0.1) is 0 Å². The van der Waals surface area contributed by atoms with E-state index >= 15 is 0 Å². The maximum Gasteiger partial charge on any atom is 0.321 e. The minimum absolute atomic E-state index is 0.0411. The van der Waals surface area contributed by atoms with Crippen molar-refractivity contribution in [2.75, 3.05) is 38.0 Å². The molecular weight excluding hydrogens is 344 g/mol. The van der Waals surface area contributed by atoms with E-state index in [0.29, 0.717) is 49.9 Å². The van der Waals surface area contributed by atoms with Crippen LogP contribution in [0.25, 0.3) is 0 Å². The maximum absolute atomic E-state index is 12.7. The van der Waals surface area contributed by atoms with Crippen LogP contribution in [0.2, 0.25) is 5.02 Å². The summed E-state index contributed by atoms with van der Waals surface area (Å²) in [6.07, 6.45) is 0.317. The monoisotopic (exact) mass is 364 g/mol. The number of amides is 4. The number of halogens is 1. The van der Waals surface area contributed by atoms with E-state index in [1.165, 1.54) is 6.92 Å². The second kappa shape index (κ2) is 6.92. The lowest BCUT2D eigenvalue weighted by Gasteiger charge is -2.32. The number of nitrogens with one attached hydrogen (secondary N) is 2.